The normalized spacial score (nSPS) is 30.5. The lowest BCUT2D eigenvalue weighted by Crippen LogP contribution is -2.41. The largest absolute Gasteiger partial charge is 0.306 e. The summed E-state index contributed by atoms with van der Waals surface area (Å²) in [4.78, 5) is 3.96. The minimum atomic E-state index is -1.98. The van der Waals surface area contributed by atoms with E-state index in [0.717, 1.165) is 5.56 Å². The predicted octanol–water partition coefficient (Wildman–Crippen LogP) is 1.43. The van der Waals surface area contributed by atoms with E-state index in [1.165, 1.54) is 6.20 Å². The second kappa shape index (κ2) is 3.03. The van der Waals surface area contributed by atoms with Crippen molar-refractivity contribution in [2.75, 3.05) is 6.54 Å². The first-order valence-electron chi connectivity index (χ1n) is 4.46. The quantitative estimate of drug-likeness (QED) is 0.675. The number of halogens is 1. The molecule has 1 aliphatic rings. The predicted molar refractivity (Wildman–Crippen MR) is 49.1 cm³/mol. The summed E-state index contributed by atoms with van der Waals surface area (Å²) in [5, 5.41) is 11.7. The van der Waals surface area contributed by atoms with Crippen molar-refractivity contribution >= 4 is 0 Å². The Morgan fingerprint density at radius 1 is 1.79 bits per heavy atom. The summed E-state index contributed by atoms with van der Waals surface area (Å²) in [6.45, 7) is 1.94. The van der Waals surface area contributed by atoms with Gasteiger partial charge in [0, 0.05) is 18.8 Å². The molecule has 1 unspecified atom stereocenters. The molecule has 1 aromatic heterocycles. The number of fused-ring (bicyclic) bond motifs is 1. The summed E-state index contributed by atoms with van der Waals surface area (Å²) in [5.41, 5.74) is -0.958. The van der Waals surface area contributed by atoms with Gasteiger partial charge in [0.15, 0.2) is 0 Å². The van der Waals surface area contributed by atoms with Crippen LogP contribution in [0.3, 0.4) is 0 Å². The molecule has 4 heteroatoms. The summed E-state index contributed by atoms with van der Waals surface area (Å²) < 4.78 is 14.0. The first kappa shape index (κ1) is 9.10. The van der Waals surface area contributed by atoms with Crippen molar-refractivity contribution in [2.45, 2.75) is 18.6 Å². The Balaban J connectivity index is 2.59. The summed E-state index contributed by atoms with van der Waals surface area (Å²) >= 11 is 0. The van der Waals surface area contributed by atoms with Gasteiger partial charge in [-0.15, -0.1) is 0 Å². The standard InChI is InChI=1S/C10H10FN3/c1-7-8-3-2-4-13-9(8)10(11,5-12)6-14-7/h2-4,7,14H,6H2,1H3/t7-,10?/m1/s1. The van der Waals surface area contributed by atoms with Gasteiger partial charge in [-0.1, -0.05) is 6.07 Å². The minimum absolute atomic E-state index is 0.00861. The third kappa shape index (κ3) is 1.17. The molecule has 0 saturated heterocycles. The van der Waals surface area contributed by atoms with E-state index in [9.17, 15) is 4.39 Å². The minimum Gasteiger partial charge on any atom is -0.306 e. The molecule has 3 nitrogen and oxygen atoms in total. The second-order valence-corrected chi connectivity index (χ2v) is 3.46. The molecule has 2 heterocycles. The Morgan fingerprint density at radius 2 is 2.57 bits per heavy atom. The molecule has 0 aromatic carbocycles. The highest BCUT2D eigenvalue weighted by molar-refractivity contribution is 5.35. The fourth-order valence-corrected chi connectivity index (χ4v) is 1.68. The van der Waals surface area contributed by atoms with Crippen LogP contribution in [0.15, 0.2) is 18.3 Å². The zero-order chi connectivity index (χ0) is 10.2. The van der Waals surface area contributed by atoms with E-state index in [0.29, 0.717) is 0 Å². The van der Waals surface area contributed by atoms with Gasteiger partial charge in [-0.25, -0.2) is 4.39 Å². The average molecular weight is 191 g/mol. The smallest absolute Gasteiger partial charge is 0.250 e. The third-order valence-electron chi connectivity index (χ3n) is 2.51. The van der Waals surface area contributed by atoms with E-state index < -0.39 is 5.67 Å². The molecule has 0 saturated carbocycles. The van der Waals surface area contributed by atoms with Crippen LogP contribution in [0, 0.1) is 11.3 Å². The molecule has 0 amide bonds. The van der Waals surface area contributed by atoms with Gasteiger partial charge in [-0.05, 0) is 18.6 Å². The van der Waals surface area contributed by atoms with Crippen molar-refractivity contribution in [1.29, 1.82) is 5.26 Å². The number of nitrogens with zero attached hydrogens (tertiary/aromatic N) is 2. The highest BCUT2D eigenvalue weighted by Gasteiger charge is 2.40. The lowest BCUT2D eigenvalue weighted by Gasteiger charge is -2.30. The molecule has 0 radical (unpaired) electrons. The van der Waals surface area contributed by atoms with Crippen molar-refractivity contribution in [3.8, 4) is 6.07 Å². The van der Waals surface area contributed by atoms with Crippen LogP contribution >= 0.6 is 0 Å². The Hall–Kier alpha value is -1.47. The maximum Gasteiger partial charge on any atom is 0.250 e. The van der Waals surface area contributed by atoms with E-state index >= 15 is 0 Å². The molecule has 72 valence electrons. The van der Waals surface area contributed by atoms with Crippen molar-refractivity contribution in [1.82, 2.24) is 10.3 Å². The Morgan fingerprint density at radius 3 is 3.29 bits per heavy atom. The van der Waals surface area contributed by atoms with E-state index in [-0.39, 0.29) is 18.3 Å². The highest BCUT2D eigenvalue weighted by atomic mass is 19.1. The molecule has 14 heavy (non-hydrogen) atoms. The van der Waals surface area contributed by atoms with E-state index in [1.54, 1.807) is 18.2 Å². The number of aromatic nitrogens is 1. The van der Waals surface area contributed by atoms with Crippen molar-refractivity contribution in [2.24, 2.45) is 0 Å². The summed E-state index contributed by atoms with van der Waals surface area (Å²) in [6, 6.07) is 5.26. The number of rotatable bonds is 0. The Labute approximate surface area is 81.6 Å². The van der Waals surface area contributed by atoms with Crippen LogP contribution in [-0.2, 0) is 5.67 Å². The topological polar surface area (TPSA) is 48.7 Å². The maximum atomic E-state index is 14.0. The molecule has 1 aromatic rings. The number of hydrogen-bond donors (Lipinski definition) is 1. The second-order valence-electron chi connectivity index (χ2n) is 3.46. The van der Waals surface area contributed by atoms with Crippen LogP contribution in [0.4, 0.5) is 4.39 Å². The van der Waals surface area contributed by atoms with E-state index in [2.05, 4.69) is 10.3 Å². The number of pyridine rings is 1. The highest BCUT2D eigenvalue weighted by Crippen LogP contribution is 2.33. The Kier molecular flexibility index (Phi) is 1.97. The van der Waals surface area contributed by atoms with E-state index in [4.69, 9.17) is 5.26 Å². The van der Waals surface area contributed by atoms with Crippen molar-refractivity contribution < 1.29 is 4.39 Å². The number of hydrogen-bond acceptors (Lipinski definition) is 3. The first-order valence-corrected chi connectivity index (χ1v) is 4.46. The summed E-state index contributed by atoms with van der Waals surface area (Å²) in [5.74, 6) is 0. The fourth-order valence-electron chi connectivity index (χ4n) is 1.68. The summed E-state index contributed by atoms with van der Waals surface area (Å²) in [6.07, 6.45) is 1.52. The maximum absolute atomic E-state index is 14.0. The molecule has 0 bridgehead atoms. The van der Waals surface area contributed by atoms with Crippen LogP contribution in [-0.4, -0.2) is 11.5 Å². The fraction of sp³-hybridized carbons (Fsp3) is 0.400. The SMILES string of the molecule is C[C@H]1NCC(F)(C#N)c2ncccc21. The van der Waals surface area contributed by atoms with Gasteiger partial charge in [-0.2, -0.15) is 5.26 Å². The zero-order valence-electron chi connectivity index (χ0n) is 7.79. The molecule has 0 spiro atoms. The van der Waals surface area contributed by atoms with E-state index in [1.807, 2.05) is 6.92 Å². The van der Waals surface area contributed by atoms with Gasteiger partial charge >= 0.3 is 0 Å². The zero-order valence-corrected chi connectivity index (χ0v) is 7.79. The lowest BCUT2D eigenvalue weighted by molar-refractivity contribution is 0.203. The van der Waals surface area contributed by atoms with Gasteiger partial charge in [0.2, 0.25) is 5.67 Å². The van der Waals surface area contributed by atoms with Gasteiger partial charge in [0.1, 0.15) is 6.07 Å². The summed E-state index contributed by atoms with van der Waals surface area (Å²) in [7, 11) is 0. The van der Waals surface area contributed by atoms with Crippen LogP contribution in [0.5, 0.6) is 0 Å². The molecule has 2 rings (SSSR count). The lowest BCUT2D eigenvalue weighted by atomic mass is 9.90. The third-order valence-corrected chi connectivity index (χ3v) is 2.51. The van der Waals surface area contributed by atoms with Crippen LogP contribution < -0.4 is 5.32 Å². The number of nitriles is 1. The van der Waals surface area contributed by atoms with Gasteiger partial charge < -0.3 is 5.32 Å². The Bertz CT molecular complexity index is 399. The molecule has 1 N–H and O–H groups in total. The number of nitrogens with one attached hydrogen (secondary N) is 1. The molecule has 2 atom stereocenters. The van der Waals surface area contributed by atoms with Gasteiger partial charge in [0.25, 0.3) is 0 Å². The first-order chi connectivity index (χ1) is 6.67. The molecule has 0 aliphatic carbocycles. The molecular formula is C10H10FN3. The molecule has 1 aliphatic heterocycles. The van der Waals surface area contributed by atoms with Crippen LogP contribution in [0.2, 0.25) is 0 Å². The average Bonchev–Trinajstić information content (AvgIpc) is 2.24. The van der Waals surface area contributed by atoms with Crippen molar-refractivity contribution in [3.05, 3.63) is 29.6 Å². The van der Waals surface area contributed by atoms with Crippen molar-refractivity contribution in [3.63, 3.8) is 0 Å². The molecule has 0 fully saturated rings. The monoisotopic (exact) mass is 191 g/mol. The van der Waals surface area contributed by atoms with Crippen LogP contribution in [0.25, 0.3) is 0 Å². The van der Waals surface area contributed by atoms with Gasteiger partial charge in [0.05, 0.1) is 5.69 Å². The number of alkyl halides is 1. The molecular weight excluding hydrogens is 181 g/mol. The van der Waals surface area contributed by atoms with Gasteiger partial charge in [-0.3, -0.25) is 4.98 Å². The van der Waals surface area contributed by atoms with Crippen LogP contribution in [0.1, 0.15) is 24.2 Å².